The Labute approximate surface area is 614 Å². The number of nitrogens with one attached hydrogen (secondary N) is 3. The molecule has 7 N–H and O–H groups in total. The Morgan fingerprint density at radius 3 is 1.64 bits per heavy atom. The van der Waals surface area contributed by atoms with Gasteiger partial charge in [0, 0.05) is 127 Å². The van der Waals surface area contributed by atoms with Crippen LogP contribution in [0.4, 0.5) is 9.59 Å². The molecule has 574 valence electrons. The summed E-state index contributed by atoms with van der Waals surface area (Å²) in [6.45, 7) is 12.8. The number of carbonyl (C=O) groups excluding carboxylic acids is 10. The van der Waals surface area contributed by atoms with E-state index in [4.69, 9.17) is 39.9 Å². The number of likely N-dealkylation sites (N-methyl/N-ethyl adjacent to an activating group) is 2. The molecule has 10 rings (SSSR count). The minimum Gasteiger partial charge on any atom is -0.477 e. The van der Waals surface area contributed by atoms with Gasteiger partial charge in [0.2, 0.25) is 17.7 Å². The summed E-state index contributed by atoms with van der Waals surface area (Å²) in [5.74, 6) is 0.447. The molecule has 25 heteroatoms. The second kappa shape index (κ2) is 36.1. The molecule has 4 fully saturated rings. The Hall–Kier alpha value is -6.90. The van der Waals surface area contributed by atoms with Gasteiger partial charge < -0.3 is 80.2 Å². The number of amides is 5. The first-order valence-corrected chi connectivity index (χ1v) is 39.0. The Bertz CT molecular complexity index is 3220. The van der Waals surface area contributed by atoms with E-state index in [0.717, 1.165) is 86.7 Å². The lowest BCUT2D eigenvalue weighted by Crippen LogP contribution is -2.70. The summed E-state index contributed by atoms with van der Waals surface area (Å²) in [6.07, 6.45) is 12.8. The summed E-state index contributed by atoms with van der Waals surface area (Å²) in [7, 11) is 4.33. The van der Waals surface area contributed by atoms with E-state index >= 15 is 0 Å². The zero-order chi connectivity index (χ0) is 74.3. The van der Waals surface area contributed by atoms with Crippen molar-refractivity contribution in [2.24, 2.45) is 28.2 Å². The first kappa shape index (κ1) is 79.7. The predicted octanol–water partition coefficient (Wildman–Crippen LogP) is 7.69. The molecule has 0 unspecified atom stereocenters. The number of nitrogens with two attached hydrogens (primary N) is 2. The Morgan fingerprint density at radius 1 is 0.577 bits per heavy atom. The van der Waals surface area contributed by atoms with Crippen molar-refractivity contribution >= 4 is 58.8 Å². The number of piperidine rings is 2. The number of hydrogen-bond acceptors (Lipinski definition) is 20. The molecular formula is C79H117N9O16. The third kappa shape index (κ3) is 17.4. The van der Waals surface area contributed by atoms with Crippen LogP contribution in [0, 0.1) is 16.7 Å². The zero-order valence-electron chi connectivity index (χ0n) is 62.7. The van der Waals surface area contributed by atoms with Gasteiger partial charge in [0.05, 0.1) is 36.7 Å². The number of nitrogens with zero attached hydrogens (tertiary/aromatic N) is 4. The molecule has 10 atom stereocenters. The van der Waals surface area contributed by atoms with Crippen molar-refractivity contribution in [1.29, 1.82) is 0 Å². The maximum atomic E-state index is 14.3. The lowest BCUT2D eigenvalue weighted by atomic mass is 9.44. The summed E-state index contributed by atoms with van der Waals surface area (Å²) in [4.78, 5) is 141. The molecular weight excluding hydrogens is 1330 g/mol. The topological polar surface area (TPSA) is 327 Å². The number of ketones is 5. The fraction of sp³-hybridized carbons (Fsp3) is 0.722. The van der Waals surface area contributed by atoms with Gasteiger partial charge in [-0.1, -0.05) is 45.2 Å². The van der Waals surface area contributed by atoms with Gasteiger partial charge in [0.25, 0.3) is 0 Å². The number of ether oxygens (including phenoxy) is 6. The lowest BCUT2D eigenvalue weighted by Gasteiger charge is -2.63. The molecule has 25 nitrogen and oxygen atoms in total. The third-order valence-electron chi connectivity index (χ3n) is 24.6. The van der Waals surface area contributed by atoms with Gasteiger partial charge in [-0.25, -0.2) is 9.59 Å². The van der Waals surface area contributed by atoms with E-state index in [1.807, 2.05) is 12.1 Å². The number of benzene rings is 2. The van der Waals surface area contributed by atoms with Gasteiger partial charge in [-0.3, -0.25) is 33.6 Å². The minimum atomic E-state index is -0.643. The summed E-state index contributed by atoms with van der Waals surface area (Å²) in [5.41, 5.74) is 14.3. The average molecular weight is 1450 g/mol. The van der Waals surface area contributed by atoms with Crippen LogP contribution in [0.3, 0.4) is 0 Å². The van der Waals surface area contributed by atoms with E-state index in [1.54, 1.807) is 21.9 Å². The van der Waals surface area contributed by atoms with Crippen LogP contribution in [-0.2, 0) is 71.5 Å². The fourth-order valence-corrected chi connectivity index (χ4v) is 19.1. The number of unbranched alkanes of at least 4 members (excludes halogenated alkanes) is 6. The predicted molar refractivity (Wildman–Crippen MR) is 390 cm³/mol. The number of hydrogen-bond donors (Lipinski definition) is 5. The Morgan fingerprint density at radius 2 is 1.10 bits per heavy atom. The monoisotopic (exact) mass is 1450 g/mol. The minimum absolute atomic E-state index is 0.0809. The fourth-order valence-electron chi connectivity index (χ4n) is 19.1. The summed E-state index contributed by atoms with van der Waals surface area (Å²) in [5, 5.41) is 8.64. The first-order valence-electron chi connectivity index (χ1n) is 39.0. The molecule has 2 aromatic carbocycles. The average Bonchev–Trinajstić information content (AvgIpc) is 1.45. The molecule has 2 saturated carbocycles. The Kier molecular flexibility index (Phi) is 27.7. The van der Waals surface area contributed by atoms with Crippen LogP contribution in [0.2, 0.25) is 0 Å². The molecule has 2 saturated heterocycles. The quantitative estimate of drug-likeness (QED) is 0.0397. The normalized spacial score (nSPS) is 25.0. The highest BCUT2D eigenvalue weighted by atomic mass is 16.6. The molecule has 4 bridgehead atoms. The van der Waals surface area contributed by atoms with Crippen LogP contribution in [0.25, 0.3) is 0 Å². The molecule has 5 amide bonds. The molecule has 4 heterocycles. The molecule has 2 aromatic rings. The van der Waals surface area contributed by atoms with Crippen LogP contribution in [0.1, 0.15) is 210 Å². The number of likely N-dealkylation sites (tertiary alicyclic amines) is 2. The number of Topliss-reactive ketones (excluding diaryl/α,β-unsaturated/α-hetero) is 5. The smallest absolute Gasteiger partial charge is 0.415 e. The highest BCUT2D eigenvalue weighted by Crippen LogP contribution is 2.70. The van der Waals surface area contributed by atoms with Gasteiger partial charge in [-0.2, -0.15) is 0 Å². The van der Waals surface area contributed by atoms with E-state index in [2.05, 4.69) is 53.7 Å². The lowest BCUT2D eigenvalue weighted by molar-refractivity contribution is -0.150. The summed E-state index contributed by atoms with van der Waals surface area (Å²) < 4.78 is 37.2. The highest BCUT2D eigenvalue weighted by molar-refractivity contribution is 5.92. The van der Waals surface area contributed by atoms with Gasteiger partial charge >= 0.3 is 12.2 Å². The van der Waals surface area contributed by atoms with E-state index < -0.39 is 47.2 Å². The first-order chi connectivity index (χ1) is 50.0. The van der Waals surface area contributed by atoms with E-state index in [1.165, 1.54) is 13.8 Å². The highest BCUT2D eigenvalue weighted by Gasteiger charge is 2.73. The molecule has 0 aromatic heterocycles. The van der Waals surface area contributed by atoms with Gasteiger partial charge in [0.15, 0.2) is 52.6 Å². The van der Waals surface area contributed by atoms with Crippen molar-refractivity contribution in [3.8, 4) is 23.0 Å². The van der Waals surface area contributed by atoms with Crippen molar-refractivity contribution < 1.29 is 76.4 Å². The third-order valence-corrected chi connectivity index (χ3v) is 24.6. The SMILES string of the molecule is CC(=O)C[C@@H](CCCCN)C(=O)NCCN(CCCCCC(=O)NCCOCCOCCCC(=O)CCCCCN(CCCC(=O)[C@H](CCCCN)NC(C)=O)C(=O)Oc1ccc2c3c1O[C@H]1C(=O)CC[C@@]4(C)[C@@H](C2)N(C)CC[C@]314)C(=O)Oc1ccc2c3c1O[C@H]1C(=O)CC[C@@]4(C)[C@@H](C2)N(C)CC[C@]314. The van der Waals surface area contributed by atoms with Crippen LogP contribution >= 0.6 is 0 Å². The van der Waals surface area contributed by atoms with Crippen LogP contribution < -0.4 is 46.4 Å². The second-order valence-corrected chi connectivity index (χ2v) is 31.3. The standard InChI is InChI=1S/C79H117N9O16/c1-52(89)49-56(19-11-13-35-80)73(96)83-37-44-88(75(98)102-63-28-26-55-51-65-77(4)32-30-61(94)72-79(77,34-43-86(65)6)68(55)70(63)104-72)40-16-8-10-24-66(95)82-38-46-100-48-47-99-45-18-21-57(91)20-9-7-15-39-87(41-17-23-59(92)58(84-53(2)90)22-12-14-36-81)74(97)101-62-27-25-54-50-64-76(3)31-29-60(93)71-78(76,33-42-85(64)5)67(54)69(62)103-71/h25-28,56,58,64-65,71-72H,7-24,29-51,80-81H2,1-6H3,(H,82,95)(H,83,96)(H,84,90)/t56-,58+,64-,65-,71+,72+,76+,77+,78+,79+/m1/s1. The van der Waals surface area contributed by atoms with Crippen LogP contribution in [0.5, 0.6) is 23.0 Å². The van der Waals surface area contributed by atoms with E-state index in [0.29, 0.717) is 160 Å². The Balaban J connectivity index is 0.618. The maximum Gasteiger partial charge on any atom is 0.415 e. The van der Waals surface area contributed by atoms with Crippen molar-refractivity contribution in [3.05, 3.63) is 46.5 Å². The molecule has 104 heavy (non-hydrogen) atoms. The van der Waals surface area contributed by atoms with Gasteiger partial charge in [-0.15, -0.1) is 0 Å². The van der Waals surface area contributed by atoms with Gasteiger partial charge in [-0.05, 0) is 190 Å². The molecule has 8 aliphatic rings. The number of carbonyl (C=O) groups is 10. The molecule has 4 aliphatic carbocycles. The van der Waals surface area contributed by atoms with Crippen LogP contribution in [0.15, 0.2) is 24.3 Å². The van der Waals surface area contributed by atoms with Crippen molar-refractivity contribution in [2.45, 2.75) is 242 Å². The number of rotatable bonds is 44. The summed E-state index contributed by atoms with van der Waals surface area (Å²) in [6, 6.07) is 7.48. The van der Waals surface area contributed by atoms with Crippen molar-refractivity contribution in [3.63, 3.8) is 0 Å². The van der Waals surface area contributed by atoms with Gasteiger partial charge in [0.1, 0.15) is 11.6 Å². The molecule has 0 radical (unpaired) electrons. The zero-order valence-corrected chi connectivity index (χ0v) is 62.7. The molecule has 2 spiro atoms. The van der Waals surface area contributed by atoms with Crippen molar-refractivity contribution in [2.75, 3.05) is 106 Å². The van der Waals surface area contributed by atoms with E-state index in [9.17, 15) is 47.9 Å². The van der Waals surface area contributed by atoms with Crippen molar-refractivity contribution in [1.82, 2.24) is 35.6 Å². The van der Waals surface area contributed by atoms with Crippen LogP contribution in [-0.4, -0.2) is 215 Å². The summed E-state index contributed by atoms with van der Waals surface area (Å²) >= 11 is 0. The largest absolute Gasteiger partial charge is 0.477 e. The maximum absolute atomic E-state index is 14.3. The van der Waals surface area contributed by atoms with E-state index in [-0.39, 0.29) is 133 Å². The second-order valence-electron chi connectivity index (χ2n) is 31.3. The molecule has 4 aliphatic heterocycles.